The third-order valence-corrected chi connectivity index (χ3v) is 3.15. The number of aliphatic hydroxyl groups excluding tert-OH is 1. The summed E-state index contributed by atoms with van der Waals surface area (Å²) in [4.78, 5) is 3.84. The number of aromatic nitrogens is 1. The quantitative estimate of drug-likeness (QED) is 0.866. The molecule has 0 bridgehead atoms. The summed E-state index contributed by atoms with van der Waals surface area (Å²) in [6, 6.07) is 7.83. The van der Waals surface area contributed by atoms with Crippen molar-refractivity contribution in [1.82, 2.24) is 4.98 Å². The number of nitrogens with zero attached hydrogens (tertiary/aromatic N) is 1. The highest BCUT2D eigenvalue weighted by Gasteiger charge is 2.10. The molecule has 0 radical (unpaired) electrons. The molecule has 18 heavy (non-hydrogen) atoms. The van der Waals surface area contributed by atoms with E-state index in [0.717, 1.165) is 0 Å². The summed E-state index contributed by atoms with van der Waals surface area (Å²) in [6.07, 6.45) is 1.11. The molecule has 2 aromatic rings. The van der Waals surface area contributed by atoms with Gasteiger partial charge in [0, 0.05) is 17.1 Å². The summed E-state index contributed by atoms with van der Waals surface area (Å²) < 4.78 is 13.9. The lowest BCUT2D eigenvalue weighted by Crippen LogP contribution is -2.02. The number of pyridine rings is 1. The molecular weight excluding hydrogens is 321 g/mol. The van der Waals surface area contributed by atoms with Gasteiger partial charge in [-0.2, -0.15) is 0 Å². The van der Waals surface area contributed by atoms with Crippen molar-refractivity contribution < 1.29 is 9.50 Å². The minimum absolute atomic E-state index is 0.316. The highest BCUT2D eigenvalue weighted by atomic mass is 79.9. The minimum Gasteiger partial charge on any atom is -0.388 e. The molecule has 0 aliphatic rings. The van der Waals surface area contributed by atoms with E-state index in [9.17, 15) is 9.50 Å². The van der Waals surface area contributed by atoms with Gasteiger partial charge in [-0.15, -0.1) is 0 Å². The van der Waals surface area contributed by atoms with Crippen LogP contribution in [0.3, 0.4) is 0 Å². The summed E-state index contributed by atoms with van der Waals surface area (Å²) in [6.45, 7) is 0. The number of rotatable bonds is 3. The molecule has 1 aromatic heterocycles. The predicted molar refractivity (Wildman–Crippen MR) is 72.0 cm³/mol. The zero-order chi connectivity index (χ0) is 13.1. The van der Waals surface area contributed by atoms with E-state index >= 15 is 0 Å². The van der Waals surface area contributed by atoms with Gasteiger partial charge in [-0.25, -0.2) is 9.37 Å². The molecule has 0 aliphatic carbocycles. The largest absolute Gasteiger partial charge is 0.388 e. The molecule has 2 rings (SSSR count). The van der Waals surface area contributed by atoms with Crippen LogP contribution >= 0.6 is 27.5 Å². The second-order valence-corrected chi connectivity index (χ2v) is 5.21. The zero-order valence-electron chi connectivity index (χ0n) is 9.28. The van der Waals surface area contributed by atoms with E-state index in [1.54, 1.807) is 18.2 Å². The molecule has 0 saturated carbocycles. The van der Waals surface area contributed by atoms with E-state index in [0.29, 0.717) is 27.2 Å². The highest BCUT2D eigenvalue weighted by molar-refractivity contribution is 9.10. The van der Waals surface area contributed by atoms with Crippen LogP contribution in [0.25, 0.3) is 0 Å². The Kier molecular flexibility index (Phi) is 4.32. The van der Waals surface area contributed by atoms with Crippen LogP contribution in [0.4, 0.5) is 4.39 Å². The van der Waals surface area contributed by atoms with Crippen molar-refractivity contribution in [2.24, 2.45) is 0 Å². The Morgan fingerprint density at radius 3 is 2.78 bits per heavy atom. The van der Waals surface area contributed by atoms with Gasteiger partial charge in [0.2, 0.25) is 0 Å². The molecule has 1 N–H and O–H groups in total. The third-order valence-electron chi connectivity index (χ3n) is 2.49. The van der Waals surface area contributed by atoms with Crippen LogP contribution in [0.1, 0.15) is 17.2 Å². The second kappa shape index (κ2) is 5.78. The van der Waals surface area contributed by atoms with Gasteiger partial charge in [-0.05, 0) is 41.5 Å². The molecule has 5 heteroatoms. The molecule has 2 nitrogen and oxygen atoms in total. The summed E-state index contributed by atoms with van der Waals surface area (Å²) in [5.41, 5.74) is 1.37. The fraction of sp³-hybridized carbons (Fsp3) is 0.154. The van der Waals surface area contributed by atoms with E-state index in [-0.39, 0.29) is 5.82 Å². The van der Waals surface area contributed by atoms with Gasteiger partial charge >= 0.3 is 0 Å². The fourth-order valence-electron chi connectivity index (χ4n) is 1.69. The maximum atomic E-state index is 13.2. The van der Waals surface area contributed by atoms with Gasteiger partial charge in [-0.3, -0.25) is 0 Å². The standard InChI is InChI=1S/C13H10BrClFNO/c14-10-3-8(4-11(16)7-10)5-12(18)9-1-2-17-13(15)6-9/h1-4,6-7,12,18H,5H2. The first kappa shape index (κ1) is 13.5. The van der Waals surface area contributed by atoms with E-state index in [2.05, 4.69) is 20.9 Å². The van der Waals surface area contributed by atoms with Crippen LogP contribution in [-0.2, 0) is 6.42 Å². The average Bonchev–Trinajstić information content (AvgIpc) is 2.27. The van der Waals surface area contributed by atoms with Crippen LogP contribution in [0.2, 0.25) is 5.15 Å². The van der Waals surface area contributed by atoms with Crippen LogP contribution in [0, 0.1) is 5.82 Å². The van der Waals surface area contributed by atoms with Crippen LogP contribution in [-0.4, -0.2) is 10.1 Å². The Bertz CT molecular complexity index is 544. The number of hydrogen-bond acceptors (Lipinski definition) is 2. The molecule has 0 amide bonds. The van der Waals surface area contributed by atoms with Crippen molar-refractivity contribution in [3.63, 3.8) is 0 Å². The molecule has 1 atom stereocenters. The van der Waals surface area contributed by atoms with Crippen LogP contribution < -0.4 is 0 Å². The Morgan fingerprint density at radius 2 is 2.11 bits per heavy atom. The van der Waals surface area contributed by atoms with E-state index in [1.165, 1.54) is 18.3 Å². The topological polar surface area (TPSA) is 33.1 Å². The number of aliphatic hydroxyl groups is 1. The fourth-order valence-corrected chi connectivity index (χ4v) is 2.39. The Labute approximate surface area is 118 Å². The van der Waals surface area contributed by atoms with Crippen molar-refractivity contribution in [2.45, 2.75) is 12.5 Å². The molecule has 94 valence electrons. The summed E-state index contributed by atoms with van der Waals surface area (Å²) in [5, 5.41) is 10.4. The van der Waals surface area contributed by atoms with E-state index < -0.39 is 6.10 Å². The third kappa shape index (κ3) is 3.51. The monoisotopic (exact) mass is 329 g/mol. The van der Waals surface area contributed by atoms with Crippen molar-refractivity contribution in [1.29, 1.82) is 0 Å². The molecule has 1 heterocycles. The van der Waals surface area contributed by atoms with Crippen molar-refractivity contribution in [3.8, 4) is 0 Å². The van der Waals surface area contributed by atoms with Gasteiger partial charge in [0.25, 0.3) is 0 Å². The Hall–Kier alpha value is -0.970. The molecule has 1 aromatic carbocycles. The van der Waals surface area contributed by atoms with Gasteiger partial charge in [0.1, 0.15) is 11.0 Å². The first-order valence-electron chi connectivity index (χ1n) is 5.29. The van der Waals surface area contributed by atoms with Gasteiger partial charge in [0.05, 0.1) is 6.10 Å². The number of halogens is 3. The second-order valence-electron chi connectivity index (χ2n) is 3.91. The van der Waals surface area contributed by atoms with Crippen molar-refractivity contribution >= 4 is 27.5 Å². The average molecular weight is 331 g/mol. The lowest BCUT2D eigenvalue weighted by Gasteiger charge is -2.11. The minimum atomic E-state index is -0.737. The van der Waals surface area contributed by atoms with Crippen LogP contribution in [0.5, 0.6) is 0 Å². The first-order chi connectivity index (χ1) is 8.54. The van der Waals surface area contributed by atoms with Crippen molar-refractivity contribution in [2.75, 3.05) is 0 Å². The van der Waals surface area contributed by atoms with Gasteiger partial charge < -0.3 is 5.11 Å². The summed E-state index contributed by atoms with van der Waals surface area (Å²) in [7, 11) is 0. The number of benzene rings is 1. The molecule has 0 saturated heterocycles. The molecule has 0 fully saturated rings. The number of hydrogen-bond donors (Lipinski definition) is 1. The van der Waals surface area contributed by atoms with E-state index in [1.807, 2.05) is 0 Å². The molecular formula is C13H10BrClFNO. The molecule has 0 aliphatic heterocycles. The summed E-state index contributed by atoms with van der Waals surface area (Å²) in [5.74, 6) is -0.334. The summed E-state index contributed by atoms with van der Waals surface area (Å²) >= 11 is 8.97. The normalized spacial score (nSPS) is 12.4. The van der Waals surface area contributed by atoms with Crippen molar-refractivity contribution in [3.05, 3.63) is 63.1 Å². The maximum Gasteiger partial charge on any atom is 0.129 e. The molecule has 0 spiro atoms. The Balaban J connectivity index is 2.18. The SMILES string of the molecule is OC(Cc1cc(F)cc(Br)c1)c1ccnc(Cl)c1. The van der Waals surface area contributed by atoms with Gasteiger partial charge in [0.15, 0.2) is 0 Å². The predicted octanol–water partition coefficient (Wildman–Crippen LogP) is 3.91. The maximum absolute atomic E-state index is 13.2. The lowest BCUT2D eigenvalue weighted by atomic mass is 10.0. The lowest BCUT2D eigenvalue weighted by molar-refractivity contribution is 0.178. The molecule has 1 unspecified atom stereocenters. The Morgan fingerprint density at radius 1 is 1.33 bits per heavy atom. The first-order valence-corrected chi connectivity index (χ1v) is 6.46. The van der Waals surface area contributed by atoms with Gasteiger partial charge in [-0.1, -0.05) is 27.5 Å². The van der Waals surface area contributed by atoms with Crippen LogP contribution in [0.15, 0.2) is 41.0 Å². The van der Waals surface area contributed by atoms with E-state index in [4.69, 9.17) is 11.6 Å². The zero-order valence-corrected chi connectivity index (χ0v) is 11.6. The highest BCUT2D eigenvalue weighted by Crippen LogP contribution is 2.22. The smallest absolute Gasteiger partial charge is 0.129 e.